The molecule has 0 saturated heterocycles. The fourth-order valence-corrected chi connectivity index (χ4v) is 3.66. The molecule has 0 spiro atoms. The molecule has 140 valence electrons. The molecule has 1 saturated carbocycles. The molecule has 0 unspecified atom stereocenters. The van der Waals surface area contributed by atoms with Crippen molar-refractivity contribution >= 4 is 0 Å². The molecule has 0 amide bonds. The lowest BCUT2D eigenvalue weighted by Crippen LogP contribution is -2.14. The third-order valence-electron chi connectivity index (χ3n) is 5.01. The Labute approximate surface area is 147 Å². The number of benzene rings is 1. The molecule has 1 aromatic rings. The van der Waals surface area contributed by atoms with E-state index in [4.69, 9.17) is 0 Å². The largest absolute Gasteiger partial charge is 0.429 e. The summed E-state index contributed by atoms with van der Waals surface area (Å²) < 4.78 is 56.0. The highest BCUT2D eigenvalue weighted by atomic mass is 19.3. The van der Waals surface area contributed by atoms with E-state index in [0.717, 1.165) is 44.2 Å². The van der Waals surface area contributed by atoms with Gasteiger partial charge in [-0.1, -0.05) is 25.0 Å². The maximum atomic E-state index is 13.9. The Bertz CT molecular complexity index is 540. The summed E-state index contributed by atoms with van der Waals surface area (Å²) in [7, 11) is 0. The fourth-order valence-electron chi connectivity index (χ4n) is 3.66. The van der Waals surface area contributed by atoms with Gasteiger partial charge in [0, 0.05) is 0 Å². The summed E-state index contributed by atoms with van der Waals surface area (Å²) in [6, 6.07) is 2.28. The minimum atomic E-state index is -3.24. The molecular weight excluding hydrogens is 332 g/mol. The second kappa shape index (κ2) is 9.83. The standard InChI is InChI=1S/C20H26F4O/c1-2-3-4-5-6-7-14-8-10-15(11-9-14)16-12-17(21)19(18(22)13-16)25-20(23)24/h2-3,12-15,20H,4-11H2,1H3. The van der Waals surface area contributed by atoms with Crippen LogP contribution >= 0.6 is 0 Å². The second-order valence-corrected chi connectivity index (χ2v) is 6.76. The van der Waals surface area contributed by atoms with Gasteiger partial charge in [-0.05, 0) is 75.0 Å². The third-order valence-corrected chi connectivity index (χ3v) is 5.01. The van der Waals surface area contributed by atoms with Gasteiger partial charge in [-0.15, -0.1) is 0 Å². The van der Waals surface area contributed by atoms with E-state index in [0.29, 0.717) is 11.5 Å². The Morgan fingerprint density at radius 1 is 1.08 bits per heavy atom. The first-order chi connectivity index (χ1) is 12.0. The number of hydrogen-bond acceptors (Lipinski definition) is 1. The van der Waals surface area contributed by atoms with Crippen LogP contribution < -0.4 is 4.74 Å². The van der Waals surface area contributed by atoms with Gasteiger partial charge in [0.05, 0.1) is 0 Å². The summed E-state index contributed by atoms with van der Waals surface area (Å²) in [5.74, 6) is -2.33. The average Bonchev–Trinajstić information content (AvgIpc) is 2.58. The molecule has 25 heavy (non-hydrogen) atoms. The highest BCUT2D eigenvalue weighted by Crippen LogP contribution is 2.39. The van der Waals surface area contributed by atoms with Gasteiger partial charge in [0.2, 0.25) is 0 Å². The first-order valence-corrected chi connectivity index (χ1v) is 9.06. The molecule has 0 aliphatic heterocycles. The molecule has 1 fully saturated rings. The van der Waals surface area contributed by atoms with Gasteiger partial charge in [-0.2, -0.15) is 8.78 Å². The molecule has 1 aliphatic rings. The van der Waals surface area contributed by atoms with E-state index in [1.165, 1.54) is 19.3 Å². The highest BCUT2D eigenvalue weighted by Gasteiger charge is 2.25. The molecular formula is C20H26F4O. The molecule has 0 bridgehead atoms. The minimum absolute atomic E-state index is 0.0869. The van der Waals surface area contributed by atoms with Crippen molar-refractivity contribution in [3.8, 4) is 5.75 Å². The topological polar surface area (TPSA) is 9.23 Å². The Kier molecular flexibility index (Phi) is 7.79. The molecule has 0 radical (unpaired) electrons. The van der Waals surface area contributed by atoms with E-state index in [1.807, 2.05) is 6.92 Å². The van der Waals surface area contributed by atoms with Crippen molar-refractivity contribution in [2.45, 2.75) is 70.8 Å². The van der Waals surface area contributed by atoms with Crippen molar-refractivity contribution in [2.24, 2.45) is 5.92 Å². The van der Waals surface area contributed by atoms with Crippen molar-refractivity contribution in [1.29, 1.82) is 0 Å². The molecule has 0 N–H and O–H groups in total. The number of unbranched alkanes of at least 4 members (excludes halogenated alkanes) is 2. The molecule has 5 heteroatoms. The number of rotatable bonds is 8. The minimum Gasteiger partial charge on any atom is -0.429 e. The van der Waals surface area contributed by atoms with Crippen molar-refractivity contribution in [1.82, 2.24) is 0 Å². The summed E-state index contributed by atoms with van der Waals surface area (Å²) in [5, 5.41) is 0. The van der Waals surface area contributed by atoms with Gasteiger partial charge >= 0.3 is 6.61 Å². The lowest BCUT2D eigenvalue weighted by Gasteiger charge is -2.29. The zero-order chi connectivity index (χ0) is 18.2. The molecule has 0 atom stereocenters. The van der Waals surface area contributed by atoms with Crippen LogP contribution in [0.15, 0.2) is 24.3 Å². The SMILES string of the molecule is CC=CCCCCC1CCC(c2cc(F)c(OC(F)F)c(F)c2)CC1. The summed E-state index contributed by atoms with van der Waals surface area (Å²) in [4.78, 5) is 0. The van der Waals surface area contributed by atoms with Gasteiger partial charge in [0.1, 0.15) is 0 Å². The smallest absolute Gasteiger partial charge is 0.387 e. The van der Waals surface area contributed by atoms with E-state index < -0.39 is 24.0 Å². The van der Waals surface area contributed by atoms with E-state index >= 15 is 0 Å². The summed E-state index contributed by atoms with van der Waals surface area (Å²) in [6.45, 7) is -1.21. The molecule has 1 aliphatic carbocycles. The average molecular weight is 358 g/mol. The lowest BCUT2D eigenvalue weighted by molar-refractivity contribution is -0.0546. The fraction of sp³-hybridized carbons (Fsp3) is 0.600. The Morgan fingerprint density at radius 2 is 1.72 bits per heavy atom. The number of halogens is 4. The molecule has 1 aromatic carbocycles. The van der Waals surface area contributed by atoms with Gasteiger partial charge in [-0.3, -0.25) is 0 Å². The van der Waals surface area contributed by atoms with Crippen LogP contribution in [-0.4, -0.2) is 6.61 Å². The van der Waals surface area contributed by atoms with Gasteiger partial charge in [-0.25, -0.2) is 8.78 Å². The maximum Gasteiger partial charge on any atom is 0.387 e. The molecule has 2 rings (SSSR count). The van der Waals surface area contributed by atoms with Crippen LogP contribution in [0.1, 0.15) is 69.8 Å². The Morgan fingerprint density at radius 3 is 2.28 bits per heavy atom. The number of ether oxygens (including phenoxy) is 1. The second-order valence-electron chi connectivity index (χ2n) is 6.76. The monoisotopic (exact) mass is 358 g/mol. The van der Waals surface area contributed by atoms with Crippen molar-refractivity contribution in [3.05, 3.63) is 41.5 Å². The molecule has 0 aromatic heterocycles. The normalized spacial score (nSPS) is 21.2. The number of alkyl halides is 2. The van der Waals surface area contributed by atoms with Gasteiger partial charge < -0.3 is 4.74 Å². The first kappa shape index (κ1) is 19.8. The van der Waals surface area contributed by atoms with Crippen LogP contribution in [0.5, 0.6) is 5.75 Å². The van der Waals surface area contributed by atoms with Crippen LogP contribution in [0.25, 0.3) is 0 Å². The first-order valence-electron chi connectivity index (χ1n) is 9.06. The number of hydrogen-bond donors (Lipinski definition) is 0. The maximum absolute atomic E-state index is 13.9. The summed E-state index contributed by atoms with van der Waals surface area (Å²) in [5.41, 5.74) is 0.545. The molecule has 1 nitrogen and oxygen atoms in total. The number of allylic oxidation sites excluding steroid dienone is 2. The molecule has 0 heterocycles. The van der Waals surface area contributed by atoms with E-state index in [-0.39, 0.29) is 5.92 Å². The van der Waals surface area contributed by atoms with Gasteiger partial charge in [0.25, 0.3) is 0 Å². The Hall–Kier alpha value is -1.52. The lowest BCUT2D eigenvalue weighted by atomic mass is 9.77. The van der Waals surface area contributed by atoms with Gasteiger partial charge in [0.15, 0.2) is 17.4 Å². The van der Waals surface area contributed by atoms with E-state index in [2.05, 4.69) is 16.9 Å². The predicted octanol–water partition coefficient (Wildman–Crippen LogP) is 6.98. The summed E-state index contributed by atoms with van der Waals surface area (Å²) >= 11 is 0. The predicted molar refractivity (Wildman–Crippen MR) is 91.0 cm³/mol. The van der Waals surface area contributed by atoms with Crippen LogP contribution in [-0.2, 0) is 0 Å². The summed E-state index contributed by atoms with van der Waals surface area (Å²) in [6.07, 6.45) is 12.9. The Balaban J connectivity index is 1.86. The van der Waals surface area contributed by atoms with Crippen LogP contribution in [0.3, 0.4) is 0 Å². The quantitative estimate of drug-likeness (QED) is 0.277. The van der Waals surface area contributed by atoms with E-state index in [1.54, 1.807) is 0 Å². The van der Waals surface area contributed by atoms with Crippen molar-refractivity contribution < 1.29 is 22.3 Å². The highest BCUT2D eigenvalue weighted by molar-refractivity contribution is 5.33. The van der Waals surface area contributed by atoms with Crippen LogP contribution in [0.2, 0.25) is 0 Å². The van der Waals surface area contributed by atoms with Crippen LogP contribution in [0.4, 0.5) is 17.6 Å². The van der Waals surface area contributed by atoms with Crippen LogP contribution in [0, 0.1) is 17.6 Å². The van der Waals surface area contributed by atoms with Crippen molar-refractivity contribution in [2.75, 3.05) is 0 Å². The van der Waals surface area contributed by atoms with E-state index in [9.17, 15) is 17.6 Å². The van der Waals surface area contributed by atoms with Crippen molar-refractivity contribution in [3.63, 3.8) is 0 Å². The zero-order valence-electron chi connectivity index (χ0n) is 14.6. The third kappa shape index (κ3) is 6.05. The zero-order valence-corrected chi connectivity index (χ0v) is 14.6.